The van der Waals surface area contributed by atoms with Crippen molar-refractivity contribution >= 4 is 17.9 Å². The lowest BCUT2D eigenvalue weighted by Crippen LogP contribution is -2.30. The maximum Gasteiger partial charge on any atom is 0.306 e. The second kappa shape index (κ2) is 71.6. The zero-order valence-electron chi connectivity index (χ0n) is 55.7. The van der Waals surface area contributed by atoms with E-state index in [1.54, 1.807) is 0 Å². The molecule has 0 aromatic rings. The molecule has 0 aromatic heterocycles. The molecule has 0 fully saturated rings. The van der Waals surface area contributed by atoms with Crippen molar-refractivity contribution in [3.8, 4) is 0 Å². The van der Waals surface area contributed by atoms with Gasteiger partial charge in [0.15, 0.2) is 6.10 Å². The van der Waals surface area contributed by atoms with Gasteiger partial charge < -0.3 is 14.2 Å². The minimum Gasteiger partial charge on any atom is -0.462 e. The highest BCUT2D eigenvalue weighted by Gasteiger charge is 2.19. The van der Waals surface area contributed by atoms with Gasteiger partial charge in [0.05, 0.1) is 0 Å². The highest BCUT2D eigenvalue weighted by molar-refractivity contribution is 5.71. The van der Waals surface area contributed by atoms with Crippen molar-refractivity contribution in [1.82, 2.24) is 0 Å². The summed E-state index contributed by atoms with van der Waals surface area (Å²) in [4.78, 5) is 38.4. The molecule has 0 saturated heterocycles. The van der Waals surface area contributed by atoms with Gasteiger partial charge in [0.2, 0.25) is 0 Å². The van der Waals surface area contributed by atoms with Gasteiger partial charge in [-0.25, -0.2) is 0 Å². The minimum atomic E-state index is -0.776. The van der Waals surface area contributed by atoms with Crippen molar-refractivity contribution in [2.45, 2.75) is 399 Å². The highest BCUT2D eigenvalue weighted by Crippen LogP contribution is 2.19. The number of rotatable bonds is 68. The molecule has 0 saturated carbocycles. The summed E-state index contributed by atoms with van der Waals surface area (Å²) in [5, 5.41) is 0. The summed E-state index contributed by atoms with van der Waals surface area (Å²) in [7, 11) is 0. The third kappa shape index (κ3) is 69.8. The first kappa shape index (κ1) is 80.1. The van der Waals surface area contributed by atoms with E-state index >= 15 is 0 Å². The molecule has 0 amide bonds. The topological polar surface area (TPSA) is 78.9 Å². The first-order chi connectivity index (χ1) is 41.0. The van der Waals surface area contributed by atoms with Crippen molar-refractivity contribution in [3.63, 3.8) is 0 Å². The van der Waals surface area contributed by atoms with Crippen LogP contribution in [0.2, 0.25) is 0 Å². The van der Waals surface area contributed by atoms with Crippen molar-refractivity contribution in [2.24, 2.45) is 0 Å². The summed E-state index contributed by atoms with van der Waals surface area (Å²) >= 11 is 0. The third-order valence-electron chi connectivity index (χ3n) is 16.5. The van der Waals surface area contributed by atoms with Gasteiger partial charge in [-0.1, -0.05) is 370 Å². The fourth-order valence-corrected chi connectivity index (χ4v) is 11.1. The van der Waals surface area contributed by atoms with Crippen molar-refractivity contribution in [3.05, 3.63) is 60.8 Å². The highest BCUT2D eigenvalue weighted by atomic mass is 16.6. The molecule has 0 heterocycles. The fraction of sp³-hybridized carbons (Fsp3) is 0.831. The van der Waals surface area contributed by atoms with Crippen LogP contribution in [-0.2, 0) is 28.6 Å². The number of carbonyl (C=O) groups is 3. The maximum atomic E-state index is 13.0. The smallest absolute Gasteiger partial charge is 0.306 e. The van der Waals surface area contributed by atoms with Crippen LogP contribution < -0.4 is 0 Å². The summed E-state index contributed by atoms with van der Waals surface area (Å²) in [5.41, 5.74) is 0. The molecular formula is C77H140O6. The molecule has 83 heavy (non-hydrogen) atoms. The number of allylic oxidation sites excluding steroid dienone is 10. The molecule has 6 heteroatoms. The van der Waals surface area contributed by atoms with E-state index in [-0.39, 0.29) is 31.1 Å². The maximum absolute atomic E-state index is 13.0. The van der Waals surface area contributed by atoms with E-state index in [0.717, 1.165) is 96.3 Å². The van der Waals surface area contributed by atoms with Gasteiger partial charge in [-0.3, -0.25) is 14.4 Å². The van der Waals surface area contributed by atoms with Gasteiger partial charge >= 0.3 is 17.9 Å². The Bertz CT molecular complexity index is 1470. The molecule has 0 rings (SSSR count). The van der Waals surface area contributed by atoms with E-state index in [1.165, 1.54) is 257 Å². The number of hydrogen-bond donors (Lipinski definition) is 0. The molecule has 0 aliphatic heterocycles. The van der Waals surface area contributed by atoms with E-state index in [0.29, 0.717) is 19.3 Å². The van der Waals surface area contributed by atoms with Crippen molar-refractivity contribution in [2.75, 3.05) is 13.2 Å². The predicted molar refractivity (Wildman–Crippen MR) is 362 cm³/mol. The van der Waals surface area contributed by atoms with Gasteiger partial charge in [0, 0.05) is 19.3 Å². The second-order valence-electron chi connectivity index (χ2n) is 24.8. The van der Waals surface area contributed by atoms with Gasteiger partial charge in [-0.15, -0.1) is 0 Å². The zero-order valence-corrected chi connectivity index (χ0v) is 55.7. The van der Waals surface area contributed by atoms with E-state index < -0.39 is 6.10 Å². The Morgan fingerprint density at radius 3 is 0.735 bits per heavy atom. The van der Waals surface area contributed by atoms with Crippen LogP contribution in [0.4, 0.5) is 0 Å². The zero-order chi connectivity index (χ0) is 59.9. The molecule has 0 spiro atoms. The van der Waals surface area contributed by atoms with Crippen LogP contribution in [-0.4, -0.2) is 37.2 Å². The average molecular weight is 1160 g/mol. The molecule has 0 N–H and O–H groups in total. The molecule has 484 valence electrons. The Hall–Kier alpha value is -2.89. The van der Waals surface area contributed by atoms with Crippen LogP contribution in [0.5, 0.6) is 0 Å². The van der Waals surface area contributed by atoms with E-state index in [1.807, 2.05) is 0 Å². The number of carbonyl (C=O) groups excluding carboxylic acids is 3. The largest absolute Gasteiger partial charge is 0.462 e. The summed E-state index contributed by atoms with van der Waals surface area (Å²) in [6.45, 7) is 6.59. The van der Waals surface area contributed by atoms with Crippen LogP contribution in [0.1, 0.15) is 393 Å². The minimum absolute atomic E-state index is 0.0711. The number of esters is 3. The average Bonchev–Trinajstić information content (AvgIpc) is 3.49. The Labute approximate surface area is 517 Å². The van der Waals surface area contributed by atoms with E-state index in [4.69, 9.17) is 14.2 Å². The van der Waals surface area contributed by atoms with Gasteiger partial charge in [0.25, 0.3) is 0 Å². The summed E-state index contributed by atoms with van der Waals surface area (Å²) in [5.74, 6) is -0.851. The summed E-state index contributed by atoms with van der Waals surface area (Å²) < 4.78 is 17.0. The lowest BCUT2D eigenvalue weighted by molar-refractivity contribution is -0.167. The second-order valence-corrected chi connectivity index (χ2v) is 24.8. The number of ether oxygens (including phenoxy) is 3. The number of hydrogen-bond acceptors (Lipinski definition) is 6. The van der Waals surface area contributed by atoms with Crippen molar-refractivity contribution in [1.29, 1.82) is 0 Å². The molecule has 0 bridgehead atoms. The predicted octanol–water partition coefficient (Wildman–Crippen LogP) is 25.5. The fourth-order valence-electron chi connectivity index (χ4n) is 11.1. The lowest BCUT2D eigenvalue weighted by Gasteiger charge is -2.18. The molecular weight excluding hydrogens is 1020 g/mol. The van der Waals surface area contributed by atoms with Gasteiger partial charge in [0.1, 0.15) is 13.2 Å². The van der Waals surface area contributed by atoms with Crippen molar-refractivity contribution < 1.29 is 28.6 Å². The molecule has 6 nitrogen and oxygen atoms in total. The third-order valence-corrected chi connectivity index (χ3v) is 16.5. The molecule has 1 atom stereocenters. The lowest BCUT2D eigenvalue weighted by atomic mass is 10.0. The van der Waals surface area contributed by atoms with E-state index in [9.17, 15) is 14.4 Å². The Morgan fingerprint density at radius 2 is 0.470 bits per heavy atom. The normalized spacial score (nSPS) is 12.4. The molecule has 0 aliphatic carbocycles. The first-order valence-corrected chi connectivity index (χ1v) is 36.8. The van der Waals surface area contributed by atoms with E-state index in [2.05, 4.69) is 81.5 Å². The Morgan fingerprint density at radius 1 is 0.253 bits per heavy atom. The Balaban J connectivity index is 4.20. The van der Waals surface area contributed by atoms with Crippen LogP contribution in [0.15, 0.2) is 60.8 Å². The SMILES string of the molecule is CC/C=C\C/C=C\C/C=C\C/C=C\C/C=C\CCCCCCCCCCCC(=O)OC(COC(=O)CCCCCCCCCCCCCC)COC(=O)CCCCCCCCCCCCCCCCCCCCCCCCCCCCCC. The monoisotopic (exact) mass is 1160 g/mol. The molecule has 0 aliphatic rings. The number of unbranched alkanes of at least 4 members (excludes halogenated alkanes) is 47. The van der Waals surface area contributed by atoms with Gasteiger partial charge in [-0.05, 0) is 64.2 Å². The van der Waals surface area contributed by atoms with Crippen LogP contribution in [0.25, 0.3) is 0 Å². The van der Waals surface area contributed by atoms with Crippen LogP contribution in [0.3, 0.4) is 0 Å². The first-order valence-electron chi connectivity index (χ1n) is 36.8. The summed E-state index contributed by atoms with van der Waals surface area (Å²) in [6, 6.07) is 0. The quantitative estimate of drug-likeness (QED) is 0.0261. The Kier molecular flexibility index (Phi) is 69.1. The molecule has 0 radical (unpaired) electrons. The standard InChI is InChI=1S/C77H140O6/c1-4-7-10-13-16-19-22-25-27-29-31-33-35-37-38-39-41-42-44-46-48-50-52-55-58-61-64-67-70-76(79)82-73-74(72-81-75(78)69-66-63-60-57-54-24-21-18-15-12-9-6-3)83-77(80)71-68-65-62-59-56-53-51-49-47-45-43-40-36-34-32-30-28-26-23-20-17-14-11-8-5-2/h8,11,17,20,26,28,32,34,40,43,74H,4-7,9-10,12-16,18-19,21-25,27,29-31,33,35-39,41-42,44-73H2,1-3H3/b11-8-,20-17-,28-26-,34-32-,43-40-. The van der Waals surface area contributed by atoms with Crippen LogP contribution >= 0.6 is 0 Å². The molecule has 1 unspecified atom stereocenters. The van der Waals surface area contributed by atoms with Crippen LogP contribution in [0, 0.1) is 0 Å². The molecule has 0 aromatic carbocycles. The van der Waals surface area contributed by atoms with Gasteiger partial charge in [-0.2, -0.15) is 0 Å². The summed E-state index contributed by atoms with van der Waals surface area (Å²) in [6.07, 6.45) is 92.7.